The van der Waals surface area contributed by atoms with Crippen molar-refractivity contribution in [1.29, 1.82) is 0 Å². The molecule has 4 heteroatoms. The Kier molecular flexibility index (Phi) is 3.61. The summed E-state index contributed by atoms with van der Waals surface area (Å²) in [5, 5.41) is 3.36. The molecule has 1 unspecified atom stereocenters. The zero-order chi connectivity index (χ0) is 11.5. The zero-order valence-corrected chi connectivity index (χ0v) is 10.4. The minimum Gasteiger partial charge on any atom is -0.380 e. The second kappa shape index (κ2) is 4.97. The summed E-state index contributed by atoms with van der Waals surface area (Å²) in [6.45, 7) is 9.83. The third-order valence-corrected chi connectivity index (χ3v) is 3.10. The van der Waals surface area contributed by atoms with Crippen molar-refractivity contribution in [3.8, 4) is 0 Å². The molecule has 1 N–H and O–H groups in total. The van der Waals surface area contributed by atoms with Crippen LogP contribution in [0.1, 0.15) is 37.1 Å². The lowest BCUT2D eigenvalue weighted by molar-refractivity contribution is 0.117. The maximum Gasteiger partial charge on any atom is 0.106 e. The van der Waals surface area contributed by atoms with Crippen LogP contribution in [0.15, 0.2) is 0 Å². The van der Waals surface area contributed by atoms with E-state index in [4.69, 9.17) is 4.74 Å². The van der Waals surface area contributed by atoms with Gasteiger partial charge in [0.1, 0.15) is 5.82 Å². The second-order valence-electron chi connectivity index (χ2n) is 4.36. The summed E-state index contributed by atoms with van der Waals surface area (Å²) < 4.78 is 7.84. The van der Waals surface area contributed by atoms with E-state index in [0.29, 0.717) is 6.04 Å². The highest BCUT2D eigenvalue weighted by Crippen LogP contribution is 2.20. The molecule has 0 saturated heterocycles. The molecule has 1 atom stereocenters. The number of nitrogens with zero attached hydrogens (tertiary/aromatic N) is 2. The fourth-order valence-electron chi connectivity index (χ4n) is 2.42. The molecule has 1 aromatic rings. The SMILES string of the molecule is CCOCC(C)n1c(C)nc2c1CCNC2. The van der Waals surface area contributed by atoms with E-state index in [2.05, 4.69) is 28.7 Å². The fourth-order valence-corrected chi connectivity index (χ4v) is 2.42. The molecular weight excluding hydrogens is 202 g/mol. The van der Waals surface area contributed by atoms with Gasteiger partial charge in [-0.05, 0) is 20.8 Å². The summed E-state index contributed by atoms with van der Waals surface area (Å²) >= 11 is 0. The predicted octanol–water partition coefficient (Wildman–Crippen LogP) is 1.43. The van der Waals surface area contributed by atoms with Crippen LogP contribution < -0.4 is 5.32 Å². The second-order valence-corrected chi connectivity index (χ2v) is 4.36. The molecular formula is C12H21N3O. The van der Waals surface area contributed by atoms with Crippen molar-refractivity contribution in [2.24, 2.45) is 0 Å². The number of nitrogens with one attached hydrogen (secondary N) is 1. The van der Waals surface area contributed by atoms with Crippen molar-refractivity contribution in [2.75, 3.05) is 19.8 Å². The topological polar surface area (TPSA) is 39.1 Å². The lowest BCUT2D eigenvalue weighted by Gasteiger charge is -2.21. The van der Waals surface area contributed by atoms with E-state index in [9.17, 15) is 0 Å². The molecule has 0 spiro atoms. The number of hydrogen-bond donors (Lipinski definition) is 1. The first-order valence-corrected chi connectivity index (χ1v) is 6.09. The zero-order valence-electron chi connectivity index (χ0n) is 10.4. The lowest BCUT2D eigenvalue weighted by atomic mass is 10.1. The Morgan fingerprint density at radius 1 is 1.56 bits per heavy atom. The minimum absolute atomic E-state index is 0.384. The van der Waals surface area contributed by atoms with Gasteiger partial charge in [0, 0.05) is 31.8 Å². The average Bonchev–Trinajstić information content (AvgIpc) is 2.62. The Labute approximate surface area is 97.0 Å². The van der Waals surface area contributed by atoms with Crippen molar-refractivity contribution in [3.05, 3.63) is 17.2 Å². The van der Waals surface area contributed by atoms with Gasteiger partial charge in [-0.3, -0.25) is 0 Å². The molecule has 4 nitrogen and oxygen atoms in total. The quantitative estimate of drug-likeness (QED) is 0.839. The number of rotatable bonds is 4. The summed E-state index contributed by atoms with van der Waals surface area (Å²) in [5.74, 6) is 1.11. The number of hydrogen-bond acceptors (Lipinski definition) is 3. The normalized spacial score (nSPS) is 17.2. The average molecular weight is 223 g/mol. The third-order valence-electron chi connectivity index (χ3n) is 3.10. The Morgan fingerprint density at radius 2 is 2.38 bits per heavy atom. The largest absolute Gasteiger partial charge is 0.380 e. The molecule has 1 aliphatic rings. The van der Waals surface area contributed by atoms with Crippen LogP contribution in [0, 0.1) is 6.92 Å². The van der Waals surface area contributed by atoms with Gasteiger partial charge in [-0.1, -0.05) is 0 Å². The molecule has 0 fully saturated rings. The minimum atomic E-state index is 0.384. The smallest absolute Gasteiger partial charge is 0.106 e. The predicted molar refractivity (Wildman–Crippen MR) is 63.6 cm³/mol. The van der Waals surface area contributed by atoms with E-state index in [1.165, 1.54) is 11.4 Å². The van der Waals surface area contributed by atoms with Gasteiger partial charge in [0.2, 0.25) is 0 Å². The molecule has 0 radical (unpaired) electrons. The van der Waals surface area contributed by atoms with Crippen LogP contribution in [-0.4, -0.2) is 29.3 Å². The maximum absolute atomic E-state index is 5.50. The summed E-state index contributed by atoms with van der Waals surface area (Å²) in [6.07, 6.45) is 1.08. The van der Waals surface area contributed by atoms with Gasteiger partial charge >= 0.3 is 0 Å². The molecule has 90 valence electrons. The first-order chi connectivity index (χ1) is 7.74. The lowest BCUT2D eigenvalue weighted by Crippen LogP contribution is -2.26. The molecule has 1 aliphatic heterocycles. The molecule has 2 heterocycles. The van der Waals surface area contributed by atoms with Gasteiger partial charge in [0.05, 0.1) is 18.3 Å². The van der Waals surface area contributed by atoms with Crippen LogP contribution in [0.4, 0.5) is 0 Å². The van der Waals surface area contributed by atoms with E-state index in [-0.39, 0.29) is 0 Å². The number of ether oxygens (including phenoxy) is 1. The van der Waals surface area contributed by atoms with Crippen LogP contribution >= 0.6 is 0 Å². The number of aromatic nitrogens is 2. The fraction of sp³-hybridized carbons (Fsp3) is 0.750. The molecule has 1 aromatic heterocycles. The van der Waals surface area contributed by atoms with Gasteiger partial charge < -0.3 is 14.6 Å². The molecule has 0 aliphatic carbocycles. The van der Waals surface area contributed by atoms with Crippen LogP contribution in [0.25, 0.3) is 0 Å². The summed E-state index contributed by atoms with van der Waals surface area (Å²) in [7, 11) is 0. The van der Waals surface area contributed by atoms with Gasteiger partial charge in [0.15, 0.2) is 0 Å². The highest BCUT2D eigenvalue weighted by Gasteiger charge is 2.20. The summed E-state index contributed by atoms with van der Waals surface area (Å²) in [5.41, 5.74) is 2.61. The monoisotopic (exact) mass is 223 g/mol. The molecule has 0 bridgehead atoms. The van der Waals surface area contributed by atoms with E-state index >= 15 is 0 Å². The van der Waals surface area contributed by atoms with Crippen LogP contribution in [0.3, 0.4) is 0 Å². The van der Waals surface area contributed by atoms with Crippen LogP contribution in [-0.2, 0) is 17.7 Å². The van der Waals surface area contributed by atoms with Crippen molar-refractivity contribution < 1.29 is 4.74 Å². The standard InChI is InChI=1S/C12H21N3O/c1-4-16-8-9(2)15-10(3)14-11-7-13-6-5-12(11)15/h9,13H,4-8H2,1-3H3. The molecule has 16 heavy (non-hydrogen) atoms. The molecule has 0 saturated carbocycles. The first kappa shape index (κ1) is 11.6. The number of fused-ring (bicyclic) bond motifs is 1. The maximum atomic E-state index is 5.50. The van der Waals surface area contributed by atoms with Gasteiger partial charge in [-0.15, -0.1) is 0 Å². The van der Waals surface area contributed by atoms with Crippen molar-refractivity contribution in [3.63, 3.8) is 0 Å². The summed E-state index contributed by atoms with van der Waals surface area (Å²) in [4.78, 5) is 4.63. The Bertz CT molecular complexity index is 359. The van der Waals surface area contributed by atoms with E-state index in [0.717, 1.165) is 38.5 Å². The number of imidazole rings is 1. The van der Waals surface area contributed by atoms with Gasteiger partial charge in [0.25, 0.3) is 0 Å². The first-order valence-electron chi connectivity index (χ1n) is 6.09. The van der Waals surface area contributed by atoms with Crippen LogP contribution in [0.2, 0.25) is 0 Å². The van der Waals surface area contributed by atoms with Gasteiger partial charge in [-0.2, -0.15) is 0 Å². The van der Waals surface area contributed by atoms with Crippen molar-refractivity contribution >= 4 is 0 Å². The van der Waals surface area contributed by atoms with E-state index < -0.39 is 0 Å². The Hall–Kier alpha value is -0.870. The molecule has 0 aromatic carbocycles. The third kappa shape index (κ3) is 2.13. The van der Waals surface area contributed by atoms with E-state index in [1.54, 1.807) is 0 Å². The van der Waals surface area contributed by atoms with Crippen molar-refractivity contribution in [1.82, 2.24) is 14.9 Å². The Balaban J connectivity index is 2.22. The highest BCUT2D eigenvalue weighted by atomic mass is 16.5. The number of aryl methyl sites for hydroxylation is 1. The van der Waals surface area contributed by atoms with E-state index in [1.807, 2.05) is 6.92 Å². The molecule has 2 rings (SSSR count). The van der Waals surface area contributed by atoms with Crippen molar-refractivity contribution in [2.45, 2.75) is 39.8 Å². The molecule has 0 amide bonds. The van der Waals surface area contributed by atoms with Gasteiger partial charge in [-0.25, -0.2) is 4.98 Å². The van der Waals surface area contributed by atoms with Crippen LogP contribution in [0.5, 0.6) is 0 Å². The summed E-state index contributed by atoms with van der Waals surface area (Å²) in [6, 6.07) is 0.384. The highest BCUT2D eigenvalue weighted by molar-refractivity contribution is 5.20. The Morgan fingerprint density at radius 3 is 3.12 bits per heavy atom.